The molecule has 0 heteroatoms. The van der Waals surface area contributed by atoms with E-state index in [2.05, 4.69) is 0 Å². The van der Waals surface area contributed by atoms with E-state index in [0.717, 1.165) is 82.9 Å². The third-order valence-corrected chi connectivity index (χ3v) is 16.6. The van der Waals surface area contributed by atoms with E-state index in [4.69, 9.17) is 0 Å². The minimum Gasteiger partial charge on any atom is -0.0533 e. The average Bonchev–Trinajstić information content (AvgIpc) is 3.05. The molecule has 8 aliphatic rings. The van der Waals surface area contributed by atoms with E-state index in [1.54, 1.807) is 173 Å². The molecule has 8 rings (SSSR count). The van der Waals surface area contributed by atoms with Gasteiger partial charge in [-0.25, -0.2) is 0 Å². The van der Waals surface area contributed by atoms with E-state index in [0.29, 0.717) is 0 Å². The zero-order valence-electron chi connectivity index (χ0n) is 27.2. The molecular formula is C41H68. The SMILES string of the molecule is C1CCC(C2C3CCCCC3C(CC3C4CCCCC4C(C4CCCCC4)C4CCCCC34)C3CCCCC32)CC1. The standard InChI is InChI=1S/C41H68/c1-3-15-28(16-4-1)40-34-23-11-7-19-30(34)38(31-20-8-12-24-35(31)40)27-39-32-21-9-13-25-36(32)41(29-17-5-2-6-18-29)37-26-14-10-22-33(37)39/h28-41H,1-27H2. The summed E-state index contributed by atoms with van der Waals surface area (Å²) in [7, 11) is 0. The maximum absolute atomic E-state index is 1.72. The summed E-state index contributed by atoms with van der Waals surface area (Å²) in [6.07, 6.45) is 43.3. The van der Waals surface area contributed by atoms with Crippen molar-refractivity contribution in [2.24, 2.45) is 82.9 Å². The van der Waals surface area contributed by atoms with Crippen LogP contribution in [0.25, 0.3) is 0 Å². The van der Waals surface area contributed by atoms with Crippen molar-refractivity contribution in [1.29, 1.82) is 0 Å². The second-order valence-corrected chi connectivity index (χ2v) is 18.0. The van der Waals surface area contributed by atoms with Crippen LogP contribution in [-0.2, 0) is 0 Å². The topological polar surface area (TPSA) is 0 Å². The highest BCUT2D eigenvalue weighted by atomic mass is 14.6. The van der Waals surface area contributed by atoms with Gasteiger partial charge in [0.2, 0.25) is 0 Å². The van der Waals surface area contributed by atoms with Crippen LogP contribution in [0.2, 0.25) is 0 Å². The highest BCUT2D eigenvalue weighted by Crippen LogP contribution is 2.65. The Balaban J connectivity index is 1.11. The molecule has 0 aromatic rings. The largest absolute Gasteiger partial charge is 0.0533 e. The van der Waals surface area contributed by atoms with Gasteiger partial charge in [-0.2, -0.15) is 0 Å². The van der Waals surface area contributed by atoms with Crippen LogP contribution in [0.15, 0.2) is 0 Å². The highest BCUT2D eigenvalue weighted by molar-refractivity contribution is 5.06. The monoisotopic (exact) mass is 561 g/mol. The van der Waals surface area contributed by atoms with Crippen LogP contribution < -0.4 is 0 Å². The smallest absolute Gasteiger partial charge is 0.0324 e. The molecule has 0 nitrogen and oxygen atoms in total. The summed E-state index contributed by atoms with van der Waals surface area (Å²) in [5, 5.41) is 0. The number of hydrogen-bond donors (Lipinski definition) is 0. The van der Waals surface area contributed by atoms with Crippen LogP contribution >= 0.6 is 0 Å². The predicted molar refractivity (Wildman–Crippen MR) is 174 cm³/mol. The molecule has 0 bridgehead atoms. The van der Waals surface area contributed by atoms with E-state index in [1.807, 2.05) is 0 Å². The zero-order valence-corrected chi connectivity index (χ0v) is 27.2. The first-order chi connectivity index (χ1) is 20.4. The van der Waals surface area contributed by atoms with Crippen LogP contribution in [0.4, 0.5) is 0 Å². The fraction of sp³-hybridized carbons (Fsp3) is 1.00. The van der Waals surface area contributed by atoms with Crippen molar-refractivity contribution in [1.82, 2.24) is 0 Å². The molecule has 41 heavy (non-hydrogen) atoms. The van der Waals surface area contributed by atoms with Gasteiger partial charge in [0.1, 0.15) is 0 Å². The van der Waals surface area contributed by atoms with Gasteiger partial charge in [-0.15, -0.1) is 0 Å². The molecule has 8 atom stereocenters. The Kier molecular flexibility index (Phi) is 8.87. The summed E-state index contributed by atoms with van der Waals surface area (Å²) in [4.78, 5) is 0. The lowest BCUT2D eigenvalue weighted by Crippen LogP contribution is -2.55. The Morgan fingerprint density at radius 2 is 0.488 bits per heavy atom. The molecule has 0 N–H and O–H groups in total. The molecule has 0 radical (unpaired) electrons. The van der Waals surface area contributed by atoms with E-state index >= 15 is 0 Å². The van der Waals surface area contributed by atoms with Crippen LogP contribution in [-0.4, -0.2) is 0 Å². The van der Waals surface area contributed by atoms with Gasteiger partial charge in [0.05, 0.1) is 0 Å². The van der Waals surface area contributed by atoms with Gasteiger partial charge in [0, 0.05) is 0 Å². The first-order valence-corrected chi connectivity index (χ1v) is 20.4. The number of fused-ring (bicyclic) bond motifs is 4. The van der Waals surface area contributed by atoms with Crippen LogP contribution in [0.5, 0.6) is 0 Å². The second-order valence-electron chi connectivity index (χ2n) is 18.0. The first kappa shape index (κ1) is 28.5. The minimum absolute atomic E-state index is 1.12. The summed E-state index contributed by atoms with van der Waals surface area (Å²) < 4.78 is 0. The van der Waals surface area contributed by atoms with Crippen molar-refractivity contribution in [2.45, 2.75) is 173 Å². The summed E-state index contributed by atoms with van der Waals surface area (Å²) in [6.45, 7) is 0. The third-order valence-electron chi connectivity index (χ3n) is 16.6. The molecule has 0 spiro atoms. The molecule has 0 aromatic heterocycles. The summed E-state index contributed by atoms with van der Waals surface area (Å²) >= 11 is 0. The molecular weight excluding hydrogens is 492 g/mol. The third kappa shape index (κ3) is 5.34. The zero-order chi connectivity index (χ0) is 27.2. The van der Waals surface area contributed by atoms with Crippen LogP contribution in [0.1, 0.15) is 173 Å². The van der Waals surface area contributed by atoms with Gasteiger partial charge in [-0.1, -0.05) is 116 Å². The van der Waals surface area contributed by atoms with E-state index < -0.39 is 0 Å². The van der Waals surface area contributed by atoms with Gasteiger partial charge < -0.3 is 0 Å². The Hall–Kier alpha value is 0. The van der Waals surface area contributed by atoms with Crippen molar-refractivity contribution in [3.8, 4) is 0 Å². The maximum Gasteiger partial charge on any atom is -0.0324 e. The molecule has 8 unspecified atom stereocenters. The number of hydrogen-bond acceptors (Lipinski definition) is 0. The Labute approximate surface area is 255 Å². The van der Waals surface area contributed by atoms with Gasteiger partial charge in [0.25, 0.3) is 0 Å². The Morgan fingerprint density at radius 1 is 0.244 bits per heavy atom. The molecule has 232 valence electrons. The summed E-state index contributed by atoms with van der Waals surface area (Å²) in [6, 6.07) is 0. The molecule has 0 saturated heterocycles. The van der Waals surface area contributed by atoms with Gasteiger partial charge in [-0.3, -0.25) is 0 Å². The van der Waals surface area contributed by atoms with Gasteiger partial charge >= 0.3 is 0 Å². The van der Waals surface area contributed by atoms with Crippen LogP contribution in [0.3, 0.4) is 0 Å². The van der Waals surface area contributed by atoms with Gasteiger partial charge in [-0.05, 0) is 141 Å². The molecule has 0 amide bonds. The lowest BCUT2D eigenvalue weighted by Gasteiger charge is -2.62. The molecule has 8 aliphatic carbocycles. The molecule has 8 fully saturated rings. The van der Waals surface area contributed by atoms with Crippen molar-refractivity contribution < 1.29 is 0 Å². The lowest BCUT2D eigenvalue weighted by molar-refractivity contribution is -0.129. The normalized spacial score (nSPS) is 49.8. The van der Waals surface area contributed by atoms with E-state index in [9.17, 15) is 0 Å². The molecule has 0 aliphatic heterocycles. The Morgan fingerprint density at radius 3 is 0.780 bits per heavy atom. The minimum atomic E-state index is 1.12. The van der Waals surface area contributed by atoms with Crippen molar-refractivity contribution in [2.75, 3.05) is 0 Å². The van der Waals surface area contributed by atoms with E-state index in [-0.39, 0.29) is 0 Å². The average molecular weight is 561 g/mol. The fourth-order valence-corrected chi connectivity index (χ4v) is 15.5. The first-order valence-electron chi connectivity index (χ1n) is 20.4. The molecule has 0 heterocycles. The van der Waals surface area contributed by atoms with Gasteiger partial charge in [0.15, 0.2) is 0 Å². The van der Waals surface area contributed by atoms with Crippen molar-refractivity contribution in [3.05, 3.63) is 0 Å². The van der Waals surface area contributed by atoms with Crippen molar-refractivity contribution >= 4 is 0 Å². The van der Waals surface area contributed by atoms with Crippen LogP contribution in [0, 0.1) is 82.9 Å². The molecule has 0 aromatic carbocycles. The van der Waals surface area contributed by atoms with Crippen molar-refractivity contribution in [3.63, 3.8) is 0 Å². The fourth-order valence-electron chi connectivity index (χ4n) is 15.5. The lowest BCUT2D eigenvalue weighted by atomic mass is 9.43. The second kappa shape index (κ2) is 12.8. The summed E-state index contributed by atoms with van der Waals surface area (Å²) in [5.74, 6) is 15.9. The predicted octanol–water partition coefficient (Wildman–Crippen LogP) is 12.3. The highest BCUT2D eigenvalue weighted by Gasteiger charge is 2.57. The Bertz CT molecular complexity index is 715. The quantitative estimate of drug-likeness (QED) is 0.321. The van der Waals surface area contributed by atoms with E-state index in [1.165, 1.54) is 0 Å². The maximum atomic E-state index is 1.72. The summed E-state index contributed by atoms with van der Waals surface area (Å²) in [5.41, 5.74) is 0. The molecule has 8 saturated carbocycles. The number of rotatable bonds is 4.